The van der Waals surface area contributed by atoms with Crippen molar-refractivity contribution in [3.05, 3.63) is 174 Å². The summed E-state index contributed by atoms with van der Waals surface area (Å²) in [5.74, 6) is 0.344. The quantitative estimate of drug-likeness (QED) is 0.163. The lowest BCUT2D eigenvalue weighted by atomic mass is 9.97. The van der Waals surface area contributed by atoms with Gasteiger partial charge in [-0.2, -0.15) is 0 Å². The minimum Gasteiger partial charge on any atom is -0.310 e. The number of nitrogens with zero attached hydrogens (tertiary/aromatic N) is 1. The molecule has 0 saturated carbocycles. The molecule has 0 saturated heterocycles. The molecule has 0 N–H and O–H groups in total. The molecule has 0 bridgehead atoms. The molecule has 0 amide bonds. The number of hydrogen-bond acceptors (Lipinski definition) is 2. The van der Waals surface area contributed by atoms with Crippen molar-refractivity contribution in [2.45, 2.75) is 19.8 Å². The molecule has 234 valence electrons. The standard InChI is InChI=1S/C47H35NS/c1-4-11-40-43-28-34(23-27-46(43)49-45(40)5-2)31-20-24-35(25-21-31)48(36-26-22-33-19-18-32-12-6-7-14-39(32)42(33)29-36)44-17-10-16-38-30(3)37-13-8-9-15-41(37)47(38)44/h4-30H,2H2,1,3H3/b11-4-. The van der Waals surface area contributed by atoms with Gasteiger partial charge in [-0.05, 0) is 104 Å². The van der Waals surface area contributed by atoms with Gasteiger partial charge in [0, 0.05) is 37.8 Å². The first kappa shape index (κ1) is 29.4. The van der Waals surface area contributed by atoms with E-state index in [9.17, 15) is 0 Å². The molecule has 2 heteroatoms. The second kappa shape index (κ2) is 11.8. The predicted octanol–water partition coefficient (Wildman–Crippen LogP) is 14.2. The Morgan fingerprint density at radius 2 is 1.35 bits per heavy atom. The molecule has 1 unspecified atom stereocenters. The van der Waals surface area contributed by atoms with Crippen LogP contribution in [-0.2, 0) is 0 Å². The first-order chi connectivity index (χ1) is 24.1. The maximum absolute atomic E-state index is 4.07. The van der Waals surface area contributed by atoms with E-state index in [4.69, 9.17) is 0 Å². The number of fused-ring (bicyclic) bond motifs is 7. The molecule has 0 spiro atoms. The summed E-state index contributed by atoms with van der Waals surface area (Å²) in [5.41, 5.74) is 12.6. The molecule has 1 nitrogen and oxygen atoms in total. The molecule has 1 aliphatic rings. The van der Waals surface area contributed by atoms with E-state index in [1.165, 1.54) is 81.1 Å². The van der Waals surface area contributed by atoms with Gasteiger partial charge < -0.3 is 4.90 Å². The molecule has 49 heavy (non-hydrogen) atoms. The van der Waals surface area contributed by atoms with Crippen molar-refractivity contribution in [2.75, 3.05) is 4.90 Å². The van der Waals surface area contributed by atoms with E-state index in [2.05, 4.69) is 177 Å². The summed E-state index contributed by atoms with van der Waals surface area (Å²) < 4.78 is 1.28. The van der Waals surface area contributed by atoms with Gasteiger partial charge in [0.05, 0.1) is 5.69 Å². The summed E-state index contributed by atoms with van der Waals surface area (Å²) in [7, 11) is 0. The smallest absolute Gasteiger partial charge is 0.0543 e. The number of anilines is 3. The van der Waals surface area contributed by atoms with Crippen LogP contribution in [0.25, 0.3) is 66.0 Å². The maximum atomic E-state index is 4.07. The van der Waals surface area contributed by atoms with Crippen molar-refractivity contribution in [2.24, 2.45) is 0 Å². The number of thiophene rings is 1. The molecule has 1 aromatic heterocycles. The first-order valence-corrected chi connectivity index (χ1v) is 17.8. The third-order valence-corrected chi connectivity index (χ3v) is 11.4. The molecule has 0 aliphatic heterocycles. The zero-order valence-corrected chi connectivity index (χ0v) is 28.5. The monoisotopic (exact) mass is 645 g/mol. The molecule has 1 heterocycles. The predicted molar refractivity (Wildman–Crippen MR) is 215 cm³/mol. The van der Waals surface area contributed by atoms with Crippen LogP contribution in [0.4, 0.5) is 17.1 Å². The fourth-order valence-corrected chi connectivity index (χ4v) is 8.86. The van der Waals surface area contributed by atoms with E-state index in [1.54, 1.807) is 11.3 Å². The van der Waals surface area contributed by atoms with Gasteiger partial charge in [0.15, 0.2) is 0 Å². The molecule has 8 aromatic rings. The van der Waals surface area contributed by atoms with Crippen LogP contribution < -0.4 is 4.90 Å². The average molecular weight is 646 g/mol. The summed E-state index contributed by atoms with van der Waals surface area (Å²) in [5, 5.41) is 6.31. The molecule has 1 atom stereocenters. The highest BCUT2D eigenvalue weighted by Gasteiger charge is 2.30. The normalized spacial score (nSPS) is 13.7. The van der Waals surface area contributed by atoms with Crippen LogP contribution in [0.15, 0.2) is 152 Å². The Bertz CT molecular complexity index is 2600. The summed E-state index contributed by atoms with van der Waals surface area (Å²) >= 11 is 1.80. The second-order valence-corrected chi connectivity index (χ2v) is 14.0. The van der Waals surface area contributed by atoms with E-state index in [0.717, 1.165) is 11.4 Å². The SMILES string of the molecule is C=Cc1sc2ccc(-c3ccc(N(c4ccc5ccc6ccccc6c5c4)c4cccc5c4-c4ccccc4C5C)cc3)cc2c1/C=C\C. The molecule has 7 aromatic carbocycles. The Balaban J connectivity index is 1.23. The first-order valence-electron chi connectivity index (χ1n) is 17.0. The third kappa shape index (κ3) is 4.75. The Morgan fingerprint density at radius 3 is 2.18 bits per heavy atom. The minimum atomic E-state index is 0.344. The van der Waals surface area contributed by atoms with Crippen molar-refractivity contribution in [3.63, 3.8) is 0 Å². The van der Waals surface area contributed by atoms with E-state index in [-0.39, 0.29) is 0 Å². The summed E-state index contributed by atoms with van der Waals surface area (Å²) in [6.45, 7) is 8.47. The van der Waals surface area contributed by atoms with Crippen LogP contribution in [0.1, 0.15) is 41.3 Å². The van der Waals surface area contributed by atoms with Crippen LogP contribution in [0, 0.1) is 0 Å². The van der Waals surface area contributed by atoms with E-state index in [1.807, 2.05) is 6.08 Å². The van der Waals surface area contributed by atoms with Crippen molar-refractivity contribution in [1.29, 1.82) is 0 Å². The van der Waals surface area contributed by atoms with Crippen molar-refractivity contribution < 1.29 is 0 Å². The lowest BCUT2D eigenvalue weighted by molar-refractivity contribution is 0.956. The van der Waals surface area contributed by atoms with E-state index < -0.39 is 0 Å². The number of rotatable bonds is 6. The molecular formula is C47H35NS. The van der Waals surface area contributed by atoms with Gasteiger partial charge in [-0.25, -0.2) is 0 Å². The van der Waals surface area contributed by atoms with Crippen molar-refractivity contribution >= 4 is 72.2 Å². The van der Waals surface area contributed by atoms with Crippen LogP contribution in [0.2, 0.25) is 0 Å². The molecule has 1 aliphatic carbocycles. The molecule has 0 fully saturated rings. The number of allylic oxidation sites excluding steroid dienone is 1. The number of hydrogen-bond donors (Lipinski definition) is 0. The molecule has 0 radical (unpaired) electrons. The zero-order chi connectivity index (χ0) is 33.1. The minimum absolute atomic E-state index is 0.344. The van der Waals surface area contributed by atoms with Gasteiger partial charge in [0.2, 0.25) is 0 Å². The zero-order valence-electron chi connectivity index (χ0n) is 27.7. The van der Waals surface area contributed by atoms with Crippen LogP contribution in [-0.4, -0.2) is 0 Å². The largest absolute Gasteiger partial charge is 0.310 e. The van der Waals surface area contributed by atoms with Gasteiger partial charge in [0.25, 0.3) is 0 Å². The fourth-order valence-electron chi connectivity index (χ4n) is 7.83. The fraction of sp³-hybridized carbons (Fsp3) is 0.0638. The van der Waals surface area contributed by atoms with Gasteiger partial charge >= 0.3 is 0 Å². The summed E-state index contributed by atoms with van der Waals surface area (Å²) in [6, 6.07) is 51.8. The lowest BCUT2D eigenvalue weighted by Crippen LogP contribution is -2.11. The van der Waals surface area contributed by atoms with Crippen molar-refractivity contribution in [3.8, 4) is 22.3 Å². The molecular weight excluding hydrogens is 611 g/mol. The van der Waals surface area contributed by atoms with Gasteiger partial charge in [-0.1, -0.05) is 129 Å². The lowest BCUT2D eigenvalue weighted by Gasteiger charge is -2.28. The second-order valence-electron chi connectivity index (χ2n) is 12.9. The summed E-state index contributed by atoms with van der Waals surface area (Å²) in [4.78, 5) is 3.67. The van der Waals surface area contributed by atoms with Gasteiger partial charge in [0.1, 0.15) is 0 Å². The van der Waals surface area contributed by atoms with Crippen molar-refractivity contribution in [1.82, 2.24) is 0 Å². The van der Waals surface area contributed by atoms with Crippen LogP contribution in [0.5, 0.6) is 0 Å². The van der Waals surface area contributed by atoms with Gasteiger partial charge in [-0.15, -0.1) is 11.3 Å². The Labute approximate surface area is 291 Å². The van der Waals surface area contributed by atoms with E-state index in [0.29, 0.717) is 5.92 Å². The van der Waals surface area contributed by atoms with Crippen LogP contribution >= 0.6 is 11.3 Å². The number of benzene rings is 7. The highest BCUT2D eigenvalue weighted by molar-refractivity contribution is 7.20. The highest BCUT2D eigenvalue weighted by Crippen LogP contribution is 2.52. The van der Waals surface area contributed by atoms with Crippen LogP contribution in [0.3, 0.4) is 0 Å². The average Bonchev–Trinajstić information content (AvgIpc) is 3.66. The Morgan fingerprint density at radius 1 is 0.633 bits per heavy atom. The highest BCUT2D eigenvalue weighted by atomic mass is 32.1. The third-order valence-electron chi connectivity index (χ3n) is 10.2. The Kier molecular flexibility index (Phi) is 7.07. The van der Waals surface area contributed by atoms with E-state index >= 15 is 0 Å². The Hall–Kier alpha value is -5.70. The maximum Gasteiger partial charge on any atom is 0.0543 e. The molecule has 9 rings (SSSR count). The van der Waals surface area contributed by atoms with Gasteiger partial charge in [-0.3, -0.25) is 0 Å². The topological polar surface area (TPSA) is 3.24 Å². The summed E-state index contributed by atoms with van der Waals surface area (Å²) in [6.07, 6.45) is 6.28.